The van der Waals surface area contributed by atoms with Gasteiger partial charge in [-0.1, -0.05) is 18.2 Å². The fraction of sp³-hybridized carbons (Fsp3) is 0.278. The van der Waals surface area contributed by atoms with Crippen molar-refractivity contribution in [2.75, 3.05) is 0 Å². The molecule has 118 valence electrons. The monoisotopic (exact) mass is 310 g/mol. The zero-order valence-corrected chi connectivity index (χ0v) is 13.6. The van der Waals surface area contributed by atoms with Crippen LogP contribution in [0, 0.1) is 18.3 Å². The number of aromatic nitrogens is 1. The Labute approximate surface area is 134 Å². The van der Waals surface area contributed by atoms with Gasteiger partial charge in [0.25, 0.3) is 5.56 Å². The number of rotatable bonds is 2. The number of nitrogens with one attached hydrogen (secondary N) is 1. The van der Waals surface area contributed by atoms with E-state index >= 15 is 0 Å². The molecule has 0 aliphatic carbocycles. The van der Waals surface area contributed by atoms with Crippen LogP contribution < -0.4 is 5.56 Å². The highest BCUT2D eigenvalue weighted by Crippen LogP contribution is 2.27. The highest BCUT2D eigenvalue weighted by atomic mass is 16.6. The standard InChI is InChI=1S/C18H18N2O3/c1-11-9-14(15(10-19)16(21)20-11)12-7-5-6-8-13(12)17(22)23-18(2,3)4/h5-9H,1-4H3,(H,20,21). The number of aromatic amines is 1. The predicted octanol–water partition coefficient (Wildman–Crippen LogP) is 3.18. The molecular formula is C18H18N2O3. The molecule has 0 atom stereocenters. The molecule has 23 heavy (non-hydrogen) atoms. The van der Waals surface area contributed by atoms with Gasteiger partial charge in [0.05, 0.1) is 5.56 Å². The van der Waals surface area contributed by atoms with Gasteiger partial charge in [0, 0.05) is 11.3 Å². The van der Waals surface area contributed by atoms with Crippen molar-refractivity contribution in [3.8, 4) is 17.2 Å². The summed E-state index contributed by atoms with van der Waals surface area (Å²) in [5.41, 5.74) is 0.745. The number of ether oxygens (including phenoxy) is 1. The van der Waals surface area contributed by atoms with E-state index in [1.54, 1.807) is 58.0 Å². The van der Waals surface area contributed by atoms with E-state index in [1.807, 2.05) is 6.07 Å². The summed E-state index contributed by atoms with van der Waals surface area (Å²) in [6.07, 6.45) is 0. The van der Waals surface area contributed by atoms with Gasteiger partial charge in [-0.25, -0.2) is 4.79 Å². The molecule has 2 rings (SSSR count). The first-order valence-electron chi connectivity index (χ1n) is 7.19. The molecule has 1 N–H and O–H groups in total. The maximum Gasteiger partial charge on any atom is 0.339 e. The van der Waals surface area contributed by atoms with Crippen molar-refractivity contribution >= 4 is 5.97 Å². The number of esters is 1. The van der Waals surface area contributed by atoms with Gasteiger partial charge in [-0.15, -0.1) is 0 Å². The van der Waals surface area contributed by atoms with Crippen LogP contribution in [0.15, 0.2) is 35.1 Å². The van der Waals surface area contributed by atoms with Crippen LogP contribution in [0.2, 0.25) is 0 Å². The summed E-state index contributed by atoms with van der Waals surface area (Å²) in [6.45, 7) is 7.07. The minimum atomic E-state index is -0.633. The topological polar surface area (TPSA) is 82.9 Å². The molecule has 0 saturated heterocycles. The van der Waals surface area contributed by atoms with Crippen molar-refractivity contribution in [3.05, 3.63) is 57.5 Å². The highest BCUT2D eigenvalue weighted by molar-refractivity contribution is 5.98. The minimum Gasteiger partial charge on any atom is -0.456 e. The lowest BCUT2D eigenvalue weighted by atomic mass is 9.96. The molecule has 5 nitrogen and oxygen atoms in total. The largest absolute Gasteiger partial charge is 0.456 e. The van der Waals surface area contributed by atoms with Crippen LogP contribution in [0.4, 0.5) is 0 Å². The molecule has 0 bridgehead atoms. The quantitative estimate of drug-likeness (QED) is 0.864. The zero-order valence-electron chi connectivity index (χ0n) is 13.6. The SMILES string of the molecule is Cc1cc(-c2ccccc2C(=O)OC(C)(C)C)c(C#N)c(=O)[nH]1. The molecule has 0 aliphatic heterocycles. The molecule has 0 fully saturated rings. The van der Waals surface area contributed by atoms with Gasteiger partial charge in [0.1, 0.15) is 17.2 Å². The first kappa shape index (κ1) is 16.5. The third kappa shape index (κ3) is 3.67. The van der Waals surface area contributed by atoms with Gasteiger partial charge in [0.2, 0.25) is 0 Å². The van der Waals surface area contributed by atoms with E-state index in [0.29, 0.717) is 22.4 Å². The van der Waals surface area contributed by atoms with Gasteiger partial charge in [-0.05, 0) is 45.4 Å². The molecule has 5 heteroatoms. The number of pyridine rings is 1. The van der Waals surface area contributed by atoms with Crippen LogP contribution in [0.5, 0.6) is 0 Å². The van der Waals surface area contributed by atoms with E-state index < -0.39 is 17.1 Å². The number of hydrogen-bond acceptors (Lipinski definition) is 4. The number of hydrogen-bond donors (Lipinski definition) is 1. The lowest BCUT2D eigenvalue weighted by Gasteiger charge is -2.20. The molecule has 0 aliphatic rings. The fourth-order valence-electron chi connectivity index (χ4n) is 2.24. The summed E-state index contributed by atoms with van der Waals surface area (Å²) in [7, 11) is 0. The van der Waals surface area contributed by atoms with Gasteiger partial charge in [0.15, 0.2) is 0 Å². The number of benzene rings is 1. The lowest BCUT2D eigenvalue weighted by Crippen LogP contribution is -2.24. The van der Waals surface area contributed by atoms with Gasteiger partial charge >= 0.3 is 5.97 Å². The molecule has 0 saturated carbocycles. The fourth-order valence-corrected chi connectivity index (χ4v) is 2.24. The Morgan fingerprint density at radius 3 is 2.48 bits per heavy atom. The maximum absolute atomic E-state index is 12.4. The van der Waals surface area contributed by atoms with Crippen LogP contribution in [-0.4, -0.2) is 16.6 Å². The van der Waals surface area contributed by atoms with Crippen molar-refractivity contribution in [3.63, 3.8) is 0 Å². The Balaban J connectivity index is 2.66. The third-order valence-electron chi connectivity index (χ3n) is 3.12. The summed E-state index contributed by atoms with van der Waals surface area (Å²) in [6, 6.07) is 10.4. The highest BCUT2D eigenvalue weighted by Gasteiger charge is 2.22. The third-order valence-corrected chi connectivity index (χ3v) is 3.12. The number of nitriles is 1. The summed E-state index contributed by atoms with van der Waals surface area (Å²) in [5.74, 6) is -0.491. The van der Waals surface area contributed by atoms with E-state index in [4.69, 9.17) is 4.74 Å². The summed E-state index contributed by atoms with van der Waals surface area (Å²) < 4.78 is 5.41. The number of H-pyrrole nitrogens is 1. The second kappa shape index (κ2) is 6.09. The van der Waals surface area contributed by atoms with E-state index in [0.717, 1.165) is 0 Å². The van der Waals surface area contributed by atoms with Crippen LogP contribution >= 0.6 is 0 Å². The molecule has 0 unspecified atom stereocenters. The molecular weight excluding hydrogens is 292 g/mol. The van der Waals surface area contributed by atoms with Crippen molar-refractivity contribution in [2.45, 2.75) is 33.3 Å². The second-order valence-electron chi connectivity index (χ2n) is 6.23. The van der Waals surface area contributed by atoms with E-state index in [-0.39, 0.29) is 5.56 Å². The van der Waals surface area contributed by atoms with Gasteiger partial charge in [-0.3, -0.25) is 4.79 Å². The number of aryl methyl sites for hydroxylation is 1. The van der Waals surface area contributed by atoms with Crippen LogP contribution in [0.3, 0.4) is 0 Å². The molecule has 0 radical (unpaired) electrons. The Kier molecular flexibility index (Phi) is 4.37. The molecule has 1 aromatic carbocycles. The van der Waals surface area contributed by atoms with E-state index in [1.165, 1.54) is 0 Å². The Morgan fingerprint density at radius 2 is 1.87 bits per heavy atom. The second-order valence-corrected chi connectivity index (χ2v) is 6.23. The number of carbonyl (C=O) groups excluding carboxylic acids is 1. The van der Waals surface area contributed by atoms with Crippen LogP contribution in [0.1, 0.15) is 42.4 Å². The number of carbonyl (C=O) groups is 1. The predicted molar refractivity (Wildman–Crippen MR) is 87.1 cm³/mol. The Bertz CT molecular complexity index is 852. The number of nitrogens with zero attached hydrogens (tertiary/aromatic N) is 1. The van der Waals surface area contributed by atoms with Crippen molar-refractivity contribution < 1.29 is 9.53 Å². The summed E-state index contributed by atoms with van der Waals surface area (Å²) in [5, 5.41) is 9.28. The van der Waals surface area contributed by atoms with E-state index in [9.17, 15) is 14.9 Å². The molecule has 0 spiro atoms. The molecule has 0 amide bonds. The maximum atomic E-state index is 12.4. The minimum absolute atomic E-state index is 0.0217. The van der Waals surface area contributed by atoms with Crippen LogP contribution in [-0.2, 0) is 4.74 Å². The molecule has 2 aromatic rings. The summed E-state index contributed by atoms with van der Waals surface area (Å²) in [4.78, 5) is 27.0. The normalized spacial score (nSPS) is 10.9. The first-order chi connectivity index (χ1) is 10.7. The van der Waals surface area contributed by atoms with Gasteiger partial charge in [-0.2, -0.15) is 5.26 Å². The zero-order chi connectivity index (χ0) is 17.2. The first-order valence-corrected chi connectivity index (χ1v) is 7.19. The molecule has 1 heterocycles. The average molecular weight is 310 g/mol. The van der Waals surface area contributed by atoms with Crippen molar-refractivity contribution in [1.82, 2.24) is 4.98 Å². The van der Waals surface area contributed by atoms with Crippen molar-refractivity contribution in [1.29, 1.82) is 5.26 Å². The van der Waals surface area contributed by atoms with Crippen LogP contribution in [0.25, 0.3) is 11.1 Å². The van der Waals surface area contributed by atoms with Crippen molar-refractivity contribution in [2.24, 2.45) is 0 Å². The van der Waals surface area contributed by atoms with E-state index in [2.05, 4.69) is 4.98 Å². The van der Waals surface area contributed by atoms with Gasteiger partial charge < -0.3 is 9.72 Å². The summed E-state index contributed by atoms with van der Waals surface area (Å²) >= 11 is 0. The average Bonchev–Trinajstić information content (AvgIpc) is 2.44. The Morgan fingerprint density at radius 1 is 1.22 bits per heavy atom. The molecule has 1 aromatic heterocycles. The Hall–Kier alpha value is -2.87. The lowest BCUT2D eigenvalue weighted by molar-refractivity contribution is 0.00704. The smallest absolute Gasteiger partial charge is 0.339 e.